The summed E-state index contributed by atoms with van der Waals surface area (Å²) in [6.45, 7) is 2.15. The van der Waals surface area contributed by atoms with Gasteiger partial charge >= 0.3 is 0 Å². The lowest BCUT2D eigenvalue weighted by Gasteiger charge is -2.15. The molecule has 4 nitrogen and oxygen atoms in total. The van der Waals surface area contributed by atoms with Gasteiger partial charge < -0.3 is 4.90 Å². The van der Waals surface area contributed by atoms with E-state index in [9.17, 15) is 8.42 Å². The van der Waals surface area contributed by atoms with E-state index in [1.54, 1.807) is 19.1 Å². The number of hydrogen-bond donors (Lipinski definition) is 1. The van der Waals surface area contributed by atoms with Gasteiger partial charge in [0.25, 0.3) is 0 Å². The number of benzene rings is 2. The number of nitrogens with zero attached hydrogens (tertiary/aromatic N) is 1. The van der Waals surface area contributed by atoms with Crippen LogP contribution in [-0.2, 0) is 10.0 Å². The molecule has 0 amide bonds. The molecule has 0 radical (unpaired) electrons. The Morgan fingerprint density at radius 2 is 1.89 bits per heavy atom. The van der Waals surface area contributed by atoms with Crippen LogP contribution in [0.25, 0.3) is 10.8 Å². The third-order valence-electron chi connectivity index (χ3n) is 2.96. The maximum atomic E-state index is 12.0. The van der Waals surface area contributed by atoms with Gasteiger partial charge in [-0.3, -0.25) is 0 Å². The van der Waals surface area contributed by atoms with Crippen molar-refractivity contribution >= 4 is 26.5 Å². The van der Waals surface area contributed by atoms with Gasteiger partial charge in [0.15, 0.2) is 0 Å². The van der Waals surface area contributed by atoms with Crippen LogP contribution in [0.3, 0.4) is 0 Å². The number of hydrogen-bond acceptors (Lipinski definition) is 3. The lowest BCUT2D eigenvalue weighted by molar-refractivity contribution is 0.584. The number of rotatable bonds is 4. The maximum absolute atomic E-state index is 12.0. The second-order valence-corrected chi connectivity index (χ2v) is 6.32. The topological polar surface area (TPSA) is 49.4 Å². The summed E-state index contributed by atoms with van der Waals surface area (Å²) in [5, 5.41) is 1.97. The second-order valence-electron chi connectivity index (χ2n) is 4.56. The highest BCUT2D eigenvalue weighted by molar-refractivity contribution is 7.89. The molecule has 2 rings (SSSR count). The van der Waals surface area contributed by atoms with E-state index in [4.69, 9.17) is 0 Å². The Bertz CT molecular complexity index is 694. The predicted octanol–water partition coefficient (Wildman–Crippen LogP) is 2.20. The third kappa shape index (κ3) is 2.72. The van der Waals surface area contributed by atoms with Crippen molar-refractivity contribution in [3.63, 3.8) is 0 Å². The van der Waals surface area contributed by atoms with Crippen LogP contribution in [-0.4, -0.2) is 29.1 Å². The van der Waals surface area contributed by atoms with Gasteiger partial charge in [-0.25, -0.2) is 13.1 Å². The molecular formula is C14H18N2O2S. The fourth-order valence-corrected chi connectivity index (χ4v) is 3.15. The van der Waals surface area contributed by atoms with Gasteiger partial charge in [0, 0.05) is 31.7 Å². The Balaban J connectivity index is 2.60. The Morgan fingerprint density at radius 3 is 2.53 bits per heavy atom. The molecular weight excluding hydrogens is 260 g/mol. The fourth-order valence-electron chi connectivity index (χ4n) is 2.08. The van der Waals surface area contributed by atoms with Gasteiger partial charge in [-0.05, 0) is 23.6 Å². The number of sulfonamides is 1. The molecule has 0 spiro atoms. The molecule has 5 heteroatoms. The molecule has 0 saturated carbocycles. The Kier molecular flexibility index (Phi) is 3.78. The zero-order chi connectivity index (χ0) is 14.0. The minimum atomic E-state index is -3.40. The highest BCUT2D eigenvalue weighted by Gasteiger charge is 2.13. The molecule has 0 aliphatic rings. The first kappa shape index (κ1) is 13.8. The third-order valence-corrected chi connectivity index (χ3v) is 4.50. The summed E-state index contributed by atoms with van der Waals surface area (Å²) in [7, 11) is 0.542. The molecule has 0 heterocycles. The smallest absolute Gasteiger partial charge is 0.240 e. The van der Waals surface area contributed by atoms with E-state index in [2.05, 4.69) is 4.72 Å². The lowest BCUT2D eigenvalue weighted by atomic mass is 10.1. The zero-order valence-corrected chi connectivity index (χ0v) is 12.2. The zero-order valence-electron chi connectivity index (χ0n) is 11.3. The number of fused-ring (bicyclic) bond motifs is 1. The summed E-state index contributed by atoms with van der Waals surface area (Å²) >= 11 is 0. The fraction of sp³-hybridized carbons (Fsp3) is 0.286. The van der Waals surface area contributed by atoms with Crippen molar-refractivity contribution in [2.75, 3.05) is 25.5 Å². The number of nitrogens with one attached hydrogen (secondary N) is 1. The predicted molar refractivity (Wildman–Crippen MR) is 79.1 cm³/mol. The van der Waals surface area contributed by atoms with Crippen molar-refractivity contribution in [2.24, 2.45) is 0 Å². The first-order valence-corrected chi connectivity index (χ1v) is 7.64. The van der Waals surface area contributed by atoms with Crippen LogP contribution in [0, 0.1) is 0 Å². The summed E-state index contributed by atoms with van der Waals surface area (Å²) in [5.41, 5.74) is 1.07. The summed E-state index contributed by atoms with van der Waals surface area (Å²) in [4.78, 5) is 2.32. The summed E-state index contributed by atoms with van der Waals surface area (Å²) < 4.78 is 26.4. The van der Waals surface area contributed by atoms with Crippen LogP contribution >= 0.6 is 0 Å². The molecule has 102 valence electrons. The van der Waals surface area contributed by atoms with Crippen LogP contribution in [0.15, 0.2) is 41.3 Å². The highest BCUT2D eigenvalue weighted by atomic mass is 32.2. The normalized spacial score (nSPS) is 11.7. The van der Waals surface area contributed by atoms with Crippen molar-refractivity contribution in [2.45, 2.75) is 11.8 Å². The molecule has 0 atom stereocenters. The molecule has 0 saturated heterocycles. The quantitative estimate of drug-likeness (QED) is 0.933. The SMILES string of the molecule is CCNS(=O)(=O)c1ccc2c(N(C)C)cccc2c1. The minimum absolute atomic E-state index is 0.303. The van der Waals surface area contributed by atoms with Crippen molar-refractivity contribution in [3.8, 4) is 0 Å². The van der Waals surface area contributed by atoms with Crippen LogP contribution in [0.1, 0.15) is 6.92 Å². The van der Waals surface area contributed by atoms with E-state index in [1.807, 2.05) is 43.3 Å². The molecule has 0 bridgehead atoms. The van der Waals surface area contributed by atoms with E-state index >= 15 is 0 Å². The van der Waals surface area contributed by atoms with E-state index in [0.29, 0.717) is 11.4 Å². The molecule has 0 fully saturated rings. The minimum Gasteiger partial charge on any atom is -0.377 e. The Hall–Kier alpha value is -1.59. The van der Waals surface area contributed by atoms with Gasteiger partial charge in [0.05, 0.1) is 4.90 Å². The van der Waals surface area contributed by atoms with Gasteiger partial charge in [0.1, 0.15) is 0 Å². The average molecular weight is 278 g/mol. The highest BCUT2D eigenvalue weighted by Crippen LogP contribution is 2.27. The van der Waals surface area contributed by atoms with Crippen LogP contribution in [0.2, 0.25) is 0 Å². The monoisotopic (exact) mass is 278 g/mol. The molecule has 0 aliphatic carbocycles. The van der Waals surface area contributed by atoms with E-state index in [1.165, 1.54) is 0 Å². The Labute approximate surface area is 114 Å². The van der Waals surface area contributed by atoms with Crippen LogP contribution < -0.4 is 9.62 Å². The van der Waals surface area contributed by atoms with E-state index in [-0.39, 0.29) is 0 Å². The van der Waals surface area contributed by atoms with Crippen molar-refractivity contribution < 1.29 is 8.42 Å². The summed E-state index contributed by atoms with van der Waals surface area (Å²) in [5.74, 6) is 0. The van der Waals surface area contributed by atoms with Gasteiger partial charge in [-0.1, -0.05) is 25.1 Å². The van der Waals surface area contributed by atoms with Gasteiger partial charge in [0.2, 0.25) is 10.0 Å². The molecule has 2 aromatic carbocycles. The van der Waals surface area contributed by atoms with Crippen molar-refractivity contribution in [3.05, 3.63) is 36.4 Å². The first-order chi connectivity index (χ1) is 8.95. The molecule has 19 heavy (non-hydrogen) atoms. The van der Waals surface area contributed by atoms with Crippen LogP contribution in [0.4, 0.5) is 5.69 Å². The lowest BCUT2D eigenvalue weighted by Crippen LogP contribution is -2.23. The molecule has 0 aromatic heterocycles. The second kappa shape index (κ2) is 5.19. The van der Waals surface area contributed by atoms with E-state index in [0.717, 1.165) is 16.5 Å². The van der Waals surface area contributed by atoms with E-state index < -0.39 is 10.0 Å². The van der Waals surface area contributed by atoms with Gasteiger partial charge in [-0.15, -0.1) is 0 Å². The molecule has 2 aromatic rings. The van der Waals surface area contributed by atoms with Crippen molar-refractivity contribution in [1.29, 1.82) is 0 Å². The standard InChI is InChI=1S/C14H18N2O2S/c1-4-15-19(17,18)12-8-9-13-11(10-12)6-5-7-14(13)16(2)3/h5-10,15H,4H2,1-3H3. The maximum Gasteiger partial charge on any atom is 0.240 e. The molecule has 0 unspecified atom stereocenters. The molecule has 1 N–H and O–H groups in total. The summed E-state index contributed by atoms with van der Waals surface area (Å²) in [6, 6.07) is 11.1. The summed E-state index contributed by atoms with van der Waals surface area (Å²) in [6.07, 6.45) is 0. The van der Waals surface area contributed by atoms with Crippen LogP contribution in [0.5, 0.6) is 0 Å². The Morgan fingerprint density at radius 1 is 1.16 bits per heavy atom. The average Bonchev–Trinajstić information content (AvgIpc) is 2.37. The largest absolute Gasteiger partial charge is 0.377 e. The van der Waals surface area contributed by atoms with Crippen molar-refractivity contribution in [1.82, 2.24) is 4.72 Å². The first-order valence-electron chi connectivity index (χ1n) is 6.15. The molecule has 0 aliphatic heterocycles. The number of anilines is 1. The van der Waals surface area contributed by atoms with Gasteiger partial charge in [-0.2, -0.15) is 0 Å².